The molecule has 1 atom stereocenters. The summed E-state index contributed by atoms with van der Waals surface area (Å²) in [7, 11) is 0. The summed E-state index contributed by atoms with van der Waals surface area (Å²) < 4.78 is 19.0. The molecule has 0 spiro atoms. The minimum atomic E-state index is -0.639. The number of allylic oxidation sites excluding steroid dienone is 1. The lowest BCUT2D eigenvalue weighted by Gasteiger charge is -2.27. The van der Waals surface area contributed by atoms with Gasteiger partial charge in [-0.1, -0.05) is 0 Å². The number of ether oxygens (including phenoxy) is 2. The maximum Gasteiger partial charge on any atom is 0.276 e. The van der Waals surface area contributed by atoms with Gasteiger partial charge in [0.1, 0.15) is 47.1 Å². The Hall–Kier alpha value is -7.31. The molecule has 19 heteroatoms. The van der Waals surface area contributed by atoms with E-state index in [2.05, 4.69) is 30.8 Å². The number of aryl methyl sites for hydroxylation is 4. The summed E-state index contributed by atoms with van der Waals surface area (Å²) in [5.41, 5.74) is 16.4. The highest BCUT2D eigenvalue weighted by atomic mass is 16.5. The number of hydrogen-bond donors (Lipinski definition) is 4. The van der Waals surface area contributed by atoms with E-state index in [-0.39, 0.29) is 48.2 Å². The monoisotopic (exact) mass is 773 g/mol. The number of hydrogen-bond acceptors (Lipinski definition) is 11. The van der Waals surface area contributed by atoms with Gasteiger partial charge in [0.2, 0.25) is 23.7 Å². The summed E-state index contributed by atoms with van der Waals surface area (Å²) in [6, 6.07) is 9.37. The van der Waals surface area contributed by atoms with Crippen molar-refractivity contribution < 1.29 is 28.7 Å². The minimum absolute atomic E-state index is 0.0780. The van der Waals surface area contributed by atoms with Crippen molar-refractivity contribution >= 4 is 69.5 Å². The summed E-state index contributed by atoms with van der Waals surface area (Å²) in [5.74, 6) is -0.731. The van der Waals surface area contributed by atoms with Crippen molar-refractivity contribution in [2.45, 2.75) is 53.2 Å². The van der Waals surface area contributed by atoms with E-state index in [1.165, 1.54) is 0 Å². The van der Waals surface area contributed by atoms with Crippen molar-refractivity contribution in [3.05, 3.63) is 76.4 Å². The fourth-order valence-corrected chi connectivity index (χ4v) is 7.20. The number of anilines is 2. The van der Waals surface area contributed by atoms with Crippen LogP contribution in [0.2, 0.25) is 0 Å². The second-order valence-electron chi connectivity index (χ2n) is 13.6. The number of rotatable bonds is 12. The topological polar surface area (TPSA) is 246 Å². The number of nitrogens with zero attached hydrogens (tertiary/aromatic N) is 9. The van der Waals surface area contributed by atoms with Crippen LogP contribution in [0, 0.1) is 13.8 Å². The van der Waals surface area contributed by atoms with Gasteiger partial charge in [-0.2, -0.15) is 10.2 Å². The molecule has 4 amide bonds. The van der Waals surface area contributed by atoms with Crippen LogP contribution in [0.4, 0.5) is 11.9 Å². The summed E-state index contributed by atoms with van der Waals surface area (Å²) in [5, 5.41) is 14.6. The smallest absolute Gasteiger partial charge is 0.276 e. The van der Waals surface area contributed by atoms with E-state index in [0.29, 0.717) is 88.1 Å². The first-order valence-electron chi connectivity index (χ1n) is 18.3. The first-order valence-corrected chi connectivity index (χ1v) is 18.3. The Labute approximate surface area is 324 Å². The molecule has 6 aromatic rings. The molecule has 2 aliphatic rings. The van der Waals surface area contributed by atoms with E-state index >= 15 is 0 Å². The summed E-state index contributed by atoms with van der Waals surface area (Å²) >= 11 is 0. The molecule has 0 bridgehead atoms. The predicted octanol–water partition coefficient (Wildman–Crippen LogP) is 3.47. The quantitative estimate of drug-likeness (QED) is 0.132. The largest absolute Gasteiger partial charge is 0.489 e. The lowest BCUT2D eigenvalue weighted by atomic mass is 10.1. The van der Waals surface area contributed by atoms with Crippen LogP contribution in [-0.2, 0) is 13.1 Å². The highest BCUT2D eigenvalue weighted by molar-refractivity contribution is 6.06. The molecule has 4 aromatic heterocycles. The van der Waals surface area contributed by atoms with Gasteiger partial charge in [-0.15, -0.1) is 0 Å². The summed E-state index contributed by atoms with van der Waals surface area (Å²) in [4.78, 5) is 65.3. The molecule has 0 saturated carbocycles. The van der Waals surface area contributed by atoms with Crippen LogP contribution in [0.25, 0.3) is 27.8 Å². The van der Waals surface area contributed by atoms with Gasteiger partial charge in [0.25, 0.3) is 11.8 Å². The van der Waals surface area contributed by atoms with Crippen LogP contribution in [-0.4, -0.2) is 88.3 Å². The molecule has 0 aliphatic carbocycles. The van der Waals surface area contributed by atoms with Crippen LogP contribution >= 0.6 is 0 Å². The van der Waals surface area contributed by atoms with E-state index in [0.717, 1.165) is 0 Å². The van der Waals surface area contributed by atoms with Crippen molar-refractivity contribution in [2.24, 2.45) is 16.5 Å². The summed E-state index contributed by atoms with van der Waals surface area (Å²) in [6.07, 6.45) is 3.90. The number of imidazole rings is 2. The molecule has 8 rings (SSSR count). The zero-order valence-corrected chi connectivity index (χ0v) is 31.6. The molecule has 57 heavy (non-hydrogen) atoms. The number of nitrogens with two attached hydrogens (primary N) is 2. The van der Waals surface area contributed by atoms with Gasteiger partial charge in [-0.25, -0.2) is 9.97 Å². The zero-order chi connectivity index (χ0) is 40.1. The number of aliphatic imine (C=N–C) groups is 1. The first-order chi connectivity index (χ1) is 27.4. The average molecular weight is 774 g/mol. The van der Waals surface area contributed by atoms with Crippen molar-refractivity contribution in [1.82, 2.24) is 38.7 Å². The van der Waals surface area contributed by atoms with Crippen molar-refractivity contribution in [1.29, 1.82) is 0 Å². The molecule has 292 valence electrons. The van der Waals surface area contributed by atoms with Gasteiger partial charge in [-0.05, 0) is 76.6 Å². The normalized spacial score (nSPS) is 15.3. The maximum absolute atomic E-state index is 13.5. The van der Waals surface area contributed by atoms with Crippen LogP contribution < -0.4 is 31.6 Å². The Morgan fingerprint density at radius 2 is 1.37 bits per heavy atom. The first kappa shape index (κ1) is 36.7. The Bertz CT molecular complexity index is 2710. The number of carbonyl (C=O) groups is 4. The number of aromatic nitrogens is 8. The van der Waals surface area contributed by atoms with Crippen LogP contribution in [0.5, 0.6) is 11.5 Å². The number of benzene rings is 2. The minimum Gasteiger partial charge on any atom is -0.489 e. The third-order valence-electron chi connectivity index (χ3n) is 9.78. The second-order valence-corrected chi connectivity index (χ2v) is 13.6. The zero-order valence-electron chi connectivity index (χ0n) is 31.6. The highest BCUT2D eigenvalue weighted by Gasteiger charge is 2.30. The van der Waals surface area contributed by atoms with Gasteiger partial charge < -0.3 is 25.5 Å². The number of primary amides is 2. The second kappa shape index (κ2) is 14.4. The molecule has 19 nitrogen and oxygen atoms in total. The third kappa shape index (κ3) is 6.61. The van der Waals surface area contributed by atoms with Gasteiger partial charge in [0, 0.05) is 37.0 Å². The Kier molecular flexibility index (Phi) is 9.26. The molecule has 0 unspecified atom stereocenters. The van der Waals surface area contributed by atoms with Gasteiger partial charge in [0.15, 0.2) is 0 Å². The molecule has 0 fully saturated rings. The van der Waals surface area contributed by atoms with Gasteiger partial charge >= 0.3 is 0 Å². The van der Waals surface area contributed by atoms with Crippen LogP contribution in [0.15, 0.2) is 47.5 Å². The molecule has 6 heterocycles. The van der Waals surface area contributed by atoms with Gasteiger partial charge in [-0.3, -0.25) is 48.7 Å². The van der Waals surface area contributed by atoms with Crippen molar-refractivity contribution in [2.75, 3.05) is 30.4 Å². The standard InChI is InChI=1S/C38H39N13O6/c1-5-48-27(11-19(3)46-48)35(54)44-37-42-25-13-21(33(39)52)15-29-31(25)50(37)23(17-56-29)7-9-41-10-8-24-18-57-30-16-22(34(40)53)14-26-32(30)51(24)38(43-26)45-36(55)28-12-20(4)47-49(28)6-2/h7,9,11-16,24H,5-6,8,10,17-18H2,1-4H3,(H2,39,52)(H2,40,53)(H,42,44,54)(H,43,45,55)/b23-7-,41-9?/t24-/m0/s1. The maximum atomic E-state index is 13.5. The van der Waals surface area contributed by atoms with Crippen molar-refractivity contribution in [3.63, 3.8) is 0 Å². The van der Waals surface area contributed by atoms with Gasteiger partial charge in [0.05, 0.1) is 34.2 Å². The molecule has 6 N–H and O–H groups in total. The fraction of sp³-hybridized carbons (Fsp3) is 0.289. The number of amides is 4. The average Bonchev–Trinajstić information content (AvgIpc) is 3.96. The van der Waals surface area contributed by atoms with E-state index in [4.69, 9.17) is 25.9 Å². The number of nitrogens with one attached hydrogen (secondary N) is 2. The molecular weight excluding hydrogens is 735 g/mol. The van der Waals surface area contributed by atoms with E-state index in [1.54, 1.807) is 62.6 Å². The lowest BCUT2D eigenvalue weighted by Crippen LogP contribution is -2.26. The number of carbonyl (C=O) groups excluding carboxylic acids is 4. The SMILES string of the molecule is CCn1nc(C)cc1C(=O)Nc1nc2cc(C(N)=O)cc3c2n1/C(=C\C=NCC[C@H]1COc2cc(C(N)=O)cc4nc(NC(=O)c5cc(C)nn5CC)n1c24)CO3. The van der Waals surface area contributed by atoms with E-state index < -0.39 is 17.7 Å². The molecule has 0 saturated heterocycles. The molecule has 2 aromatic carbocycles. The molecule has 2 aliphatic heterocycles. The van der Waals surface area contributed by atoms with Crippen molar-refractivity contribution in [3.8, 4) is 11.5 Å². The predicted molar refractivity (Wildman–Crippen MR) is 210 cm³/mol. The van der Waals surface area contributed by atoms with Crippen LogP contribution in [0.1, 0.15) is 79.4 Å². The Morgan fingerprint density at radius 3 is 1.96 bits per heavy atom. The Morgan fingerprint density at radius 1 is 0.807 bits per heavy atom. The molecular formula is C38H39N13O6. The fourth-order valence-electron chi connectivity index (χ4n) is 7.20. The lowest BCUT2D eigenvalue weighted by molar-refractivity contribution is 0.0991. The summed E-state index contributed by atoms with van der Waals surface area (Å²) in [6.45, 7) is 9.07. The Balaban J connectivity index is 1.07. The highest BCUT2D eigenvalue weighted by Crippen LogP contribution is 2.39. The third-order valence-corrected chi connectivity index (χ3v) is 9.78. The van der Waals surface area contributed by atoms with Crippen LogP contribution in [0.3, 0.4) is 0 Å². The molecule has 0 radical (unpaired) electrons. The van der Waals surface area contributed by atoms with E-state index in [1.807, 2.05) is 32.3 Å². The van der Waals surface area contributed by atoms with E-state index in [9.17, 15) is 19.2 Å².